The molecule has 0 radical (unpaired) electrons. The lowest BCUT2D eigenvalue weighted by molar-refractivity contribution is 0.0697. The largest absolute Gasteiger partial charge is 0.478 e. The fourth-order valence-corrected chi connectivity index (χ4v) is 3.78. The van der Waals surface area contributed by atoms with Crippen molar-refractivity contribution < 1.29 is 14.3 Å². The normalized spacial score (nSPS) is 13.6. The van der Waals surface area contributed by atoms with E-state index in [0.717, 1.165) is 33.7 Å². The van der Waals surface area contributed by atoms with Crippen LogP contribution in [-0.4, -0.2) is 34.4 Å². The van der Waals surface area contributed by atoms with Gasteiger partial charge < -0.3 is 14.9 Å². The SMILES string of the molecule is O=C(O)c1ccc(N2CCN(c3ccc(F)cc3)c3cc4cn[nH]c4cc32)cc1. The van der Waals surface area contributed by atoms with Crippen LogP contribution in [0.3, 0.4) is 0 Å². The number of aromatic carboxylic acids is 1. The molecule has 7 heteroatoms. The number of carboxylic acids is 1. The number of rotatable bonds is 3. The molecule has 2 N–H and O–H groups in total. The molecule has 1 aliphatic rings. The van der Waals surface area contributed by atoms with E-state index in [1.807, 2.05) is 18.2 Å². The van der Waals surface area contributed by atoms with Crippen LogP contribution in [0.5, 0.6) is 0 Å². The van der Waals surface area contributed by atoms with E-state index in [1.165, 1.54) is 12.1 Å². The number of fused-ring (bicyclic) bond motifs is 2. The molecule has 0 atom stereocenters. The number of hydrogen-bond acceptors (Lipinski definition) is 4. The standard InChI is InChI=1S/C22H17FN4O2/c23-16-3-7-18(8-4-16)26-9-10-27(17-5-1-14(2-6-17)22(28)29)21-12-19-15(11-20(21)26)13-24-25-19/h1-8,11-13H,9-10H2,(H,24,25)(H,28,29). The maximum absolute atomic E-state index is 13.4. The minimum atomic E-state index is -0.947. The van der Waals surface area contributed by atoms with Gasteiger partial charge in [-0.3, -0.25) is 5.10 Å². The van der Waals surface area contributed by atoms with E-state index in [-0.39, 0.29) is 11.4 Å². The second-order valence-electron chi connectivity index (χ2n) is 6.93. The number of carbonyl (C=O) groups is 1. The van der Waals surface area contributed by atoms with Gasteiger partial charge in [0.2, 0.25) is 0 Å². The third-order valence-corrected chi connectivity index (χ3v) is 5.23. The van der Waals surface area contributed by atoms with Crippen LogP contribution in [0, 0.1) is 5.82 Å². The highest BCUT2D eigenvalue weighted by molar-refractivity contribution is 5.95. The van der Waals surface area contributed by atoms with Crippen LogP contribution < -0.4 is 9.80 Å². The smallest absolute Gasteiger partial charge is 0.335 e. The van der Waals surface area contributed by atoms with E-state index in [4.69, 9.17) is 5.11 Å². The maximum atomic E-state index is 13.4. The van der Waals surface area contributed by atoms with Crippen LogP contribution in [0.4, 0.5) is 27.1 Å². The first-order valence-corrected chi connectivity index (χ1v) is 9.21. The van der Waals surface area contributed by atoms with Crippen LogP contribution in [0.25, 0.3) is 10.9 Å². The molecular weight excluding hydrogens is 371 g/mol. The second-order valence-corrected chi connectivity index (χ2v) is 6.93. The molecule has 0 spiro atoms. The number of halogens is 1. The van der Waals surface area contributed by atoms with Gasteiger partial charge in [-0.1, -0.05) is 0 Å². The van der Waals surface area contributed by atoms with E-state index in [0.29, 0.717) is 13.1 Å². The highest BCUT2D eigenvalue weighted by Crippen LogP contribution is 2.43. The molecule has 0 aliphatic carbocycles. The summed E-state index contributed by atoms with van der Waals surface area (Å²) in [5.41, 5.74) is 4.95. The van der Waals surface area contributed by atoms with Gasteiger partial charge in [-0.25, -0.2) is 9.18 Å². The molecule has 144 valence electrons. The van der Waals surface area contributed by atoms with E-state index < -0.39 is 5.97 Å². The number of aromatic nitrogens is 2. The van der Waals surface area contributed by atoms with Crippen molar-refractivity contribution >= 4 is 39.6 Å². The summed E-state index contributed by atoms with van der Waals surface area (Å²) in [6.07, 6.45) is 1.78. The quantitative estimate of drug-likeness (QED) is 0.533. The summed E-state index contributed by atoms with van der Waals surface area (Å²) in [6, 6.07) is 17.4. The monoisotopic (exact) mass is 388 g/mol. The summed E-state index contributed by atoms with van der Waals surface area (Å²) in [7, 11) is 0. The highest BCUT2D eigenvalue weighted by atomic mass is 19.1. The summed E-state index contributed by atoms with van der Waals surface area (Å²) in [5.74, 6) is -1.21. The van der Waals surface area contributed by atoms with Crippen LogP contribution in [-0.2, 0) is 0 Å². The lowest BCUT2D eigenvalue weighted by Gasteiger charge is -2.39. The topological polar surface area (TPSA) is 72.5 Å². The van der Waals surface area contributed by atoms with Crippen molar-refractivity contribution in [3.05, 3.63) is 78.2 Å². The third kappa shape index (κ3) is 2.97. The van der Waals surface area contributed by atoms with Crippen molar-refractivity contribution in [1.29, 1.82) is 0 Å². The zero-order valence-corrected chi connectivity index (χ0v) is 15.3. The molecule has 1 aliphatic heterocycles. The van der Waals surface area contributed by atoms with Gasteiger partial charge in [-0.05, 0) is 60.7 Å². The van der Waals surface area contributed by atoms with Crippen LogP contribution >= 0.6 is 0 Å². The predicted octanol–water partition coefficient (Wildman–Crippen LogP) is 4.69. The molecule has 0 bridgehead atoms. The average Bonchev–Trinajstić information content (AvgIpc) is 3.20. The minimum absolute atomic E-state index is 0.253. The van der Waals surface area contributed by atoms with Crippen molar-refractivity contribution in [3.8, 4) is 0 Å². The first kappa shape index (κ1) is 17.2. The number of hydrogen-bond donors (Lipinski definition) is 2. The first-order valence-electron chi connectivity index (χ1n) is 9.21. The second kappa shape index (κ2) is 6.63. The van der Waals surface area contributed by atoms with Crippen molar-refractivity contribution in [2.75, 3.05) is 22.9 Å². The van der Waals surface area contributed by atoms with Gasteiger partial charge in [0.05, 0.1) is 28.7 Å². The zero-order valence-electron chi connectivity index (χ0n) is 15.3. The molecule has 0 saturated heterocycles. The Morgan fingerprint density at radius 3 is 2.14 bits per heavy atom. The summed E-state index contributed by atoms with van der Waals surface area (Å²) in [4.78, 5) is 15.5. The van der Waals surface area contributed by atoms with Crippen molar-refractivity contribution in [2.24, 2.45) is 0 Å². The number of H-pyrrole nitrogens is 1. The number of benzene rings is 3. The molecule has 5 rings (SSSR count). The van der Waals surface area contributed by atoms with Crippen LogP contribution in [0.2, 0.25) is 0 Å². The molecular formula is C22H17FN4O2. The van der Waals surface area contributed by atoms with Gasteiger partial charge >= 0.3 is 5.97 Å². The number of nitrogens with zero attached hydrogens (tertiary/aromatic N) is 3. The van der Waals surface area contributed by atoms with Gasteiger partial charge in [0.25, 0.3) is 0 Å². The third-order valence-electron chi connectivity index (χ3n) is 5.23. The summed E-state index contributed by atoms with van der Waals surface area (Å²) < 4.78 is 13.4. The highest BCUT2D eigenvalue weighted by Gasteiger charge is 2.26. The lowest BCUT2D eigenvalue weighted by Crippen LogP contribution is -2.36. The molecule has 0 fully saturated rings. The molecule has 0 amide bonds. The summed E-state index contributed by atoms with van der Waals surface area (Å²) in [6.45, 7) is 1.39. The zero-order chi connectivity index (χ0) is 20.0. The van der Waals surface area contributed by atoms with Gasteiger partial charge in [-0.15, -0.1) is 0 Å². The first-order chi connectivity index (χ1) is 14.1. The summed E-state index contributed by atoms with van der Waals surface area (Å²) in [5, 5.41) is 17.3. The number of anilines is 4. The minimum Gasteiger partial charge on any atom is -0.478 e. The lowest BCUT2D eigenvalue weighted by atomic mass is 10.1. The van der Waals surface area contributed by atoms with Gasteiger partial charge in [-0.2, -0.15) is 5.10 Å². The number of carboxylic acid groups (broad SMARTS) is 1. The number of nitrogens with one attached hydrogen (secondary N) is 1. The van der Waals surface area contributed by atoms with E-state index >= 15 is 0 Å². The van der Waals surface area contributed by atoms with Crippen LogP contribution in [0.15, 0.2) is 66.9 Å². The van der Waals surface area contributed by atoms with Crippen molar-refractivity contribution in [3.63, 3.8) is 0 Å². The molecule has 29 heavy (non-hydrogen) atoms. The molecule has 0 unspecified atom stereocenters. The Hall–Kier alpha value is -3.87. The Balaban J connectivity index is 1.63. The van der Waals surface area contributed by atoms with Gasteiger partial charge in [0.1, 0.15) is 5.82 Å². The van der Waals surface area contributed by atoms with E-state index in [2.05, 4.69) is 26.1 Å². The molecule has 4 aromatic rings. The Bertz CT molecular complexity index is 1200. The summed E-state index contributed by atoms with van der Waals surface area (Å²) >= 11 is 0. The molecule has 3 aromatic carbocycles. The Morgan fingerprint density at radius 2 is 1.52 bits per heavy atom. The van der Waals surface area contributed by atoms with Crippen molar-refractivity contribution in [1.82, 2.24) is 10.2 Å². The van der Waals surface area contributed by atoms with Gasteiger partial charge in [0, 0.05) is 29.9 Å². The molecule has 2 heterocycles. The van der Waals surface area contributed by atoms with Crippen molar-refractivity contribution in [2.45, 2.75) is 0 Å². The fraction of sp³-hybridized carbons (Fsp3) is 0.0909. The molecule has 1 aromatic heterocycles. The van der Waals surface area contributed by atoms with Crippen LogP contribution in [0.1, 0.15) is 10.4 Å². The number of aromatic amines is 1. The maximum Gasteiger partial charge on any atom is 0.335 e. The Morgan fingerprint density at radius 1 is 0.931 bits per heavy atom. The van der Waals surface area contributed by atoms with Gasteiger partial charge in [0.15, 0.2) is 0 Å². The molecule has 6 nitrogen and oxygen atoms in total. The Labute approximate surface area is 165 Å². The van der Waals surface area contributed by atoms with E-state index in [1.54, 1.807) is 30.5 Å². The Kier molecular flexibility index (Phi) is 3.94. The predicted molar refractivity (Wildman–Crippen MR) is 110 cm³/mol. The van der Waals surface area contributed by atoms with E-state index in [9.17, 15) is 9.18 Å². The average molecular weight is 388 g/mol. The fourth-order valence-electron chi connectivity index (χ4n) is 3.78. The molecule has 0 saturated carbocycles.